The summed E-state index contributed by atoms with van der Waals surface area (Å²) in [5, 5.41) is 0. The number of hydrogen-bond acceptors (Lipinski definition) is 6. The molecular formula is C12H30O6Si2. The molecule has 0 N–H and O–H groups in total. The fraction of sp³-hybridized carbons (Fsp3) is 1.00. The van der Waals surface area contributed by atoms with Crippen molar-refractivity contribution in [1.29, 1.82) is 0 Å². The van der Waals surface area contributed by atoms with Gasteiger partial charge < -0.3 is 27.5 Å². The molecule has 122 valence electrons. The second-order valence-corrected chi connectivity index (χ2v) is 5.68. The fourth-order valence-electron chi connectivity index (χ4n) is 1.21. The van der Waals surface area contributed by atoms with Crippen LogP contribution in [0.25, 0.3) is 0 Å². The normalized spacial score (nSPS) is 22.8. The minimum atomic E-state index is -1.73. The summed E-state index contributed by atoms with van der Waals surface area (Å²) in [4.78, 5) is 0. The van der Waals surface area contributed by atoms with Crippen molar-refractivity contribution in [3.63, 3.8) is 0 Å². The van der Waals surface area contributed by atoms with Gasteiger partial charge in [-0.25, -0.2) is 0 Å². The summed E-state index contributed by atoms with van der Waals surface area (Å²) >= 11 is 0. The minimum absolute atomic E-state index is 0. The second kappa shape index (κ2) is 12.9. The van der Waals surface area contributed by atoms with Gasteiger partial charge in [0.1, 0.15) is 12.2 Å². The zero-order valence-electron chi connectivity index (χ0n) is 12.1. The predicted octanol–water partition coefficient (Wildman–Crippen LogP) is -0.838. The van der Waals surface area contributed by atoms with Gasteiger partial charge in [0, 0.05) is 19.8 Å². The van der Waals surface area contributed by atoms with Crippen molar-refractivity contribution in [3.05, 3.63) is 0 Å². The van der Waals surface area contributed by atoms with Crippen LogP contribution in [0.1, 0.15) is 20.8 Å². The number of epoxide rings is 2. The van der Waals surface area contributed by atoms with Gasteiger partial charge in [-0.15, -0.1) is 0 Å². The van der Waals surface area contributed by atoms with E-state index in [2.05, 4.69) is 0 Å². The van der Waals surface area contributed by atoms with Crippen molar-refractivity contribution in [2.45, 2.75) is 33.0 Å². The molecule has 20 heavy (non-hydrogen) atoms. The Bertz CT molecular complexity index is 188. The number of rotatable bonds is 10. The second-order valence-electron chi connectivity index (χ2n) is 4.10. The Hall–Kier alpha value is 0.194. The Morgan fingerprint density at radius 2 is 1.20 bits per heavy atom. The third kappa shape index (κ3) is 12.0. The Labute approximate surface area is 128 Å². The summed E-state index contributed by atoms with van der Waals surface area (Å²) in [5.74, 6) is 0. The molecule has 2 aliphatic heterocycles. The van der Waals surface area contributed by atoms with Gasteiger partial charge in [0.25, 0.3) is 0 Å². The maximum Gasteiger partial charge on any atom is 0.484 e. The van der Waals surface area contributed by atoms with Crippen molar-refractivity contribution in [2.75, 3.05) is 46.2 Å². The third-order valence-electron chi connectivity index (χ3n) is 2.32. The van der Waals surface area contributed by atoms with E-state index in [4.69, 9.17) is 27.5 Å². The molecule has 2 unspecified atom stereocenters. The van der Waals surface area contributed by atoms with E-state index < -0.39 is 9.53 Å². The molecule has 0 spiro atoms. The molecule has 2 heterocycles. The summed E-state index contributed by atoms with van der Waals surface area (Å²) in [5.41, 5.74) is 0. The lowest BCUT2D eigenvalue weighted by Crippen LogP contribution is -2.27. The van der Waals surface area contributed by atoms with Gasteiger partial charge in [-0.3, -0.25) is 0 Å². The standard InChI is InChI=1S/C6H16O3Si.C6H10O3.H4Si/c1-4-7-10(8-5-2)9-6-3;1(5-3-8-5)7-2-6-4-9-6;/h10H,4-6H2,1-3H3;5-6H,1-4H2;1H4. The van der Waals surface area contributed by atoms with Crippen molar-refractivity contribution < 1.29 is 27.5 Å². The fourth-order valence-corrected chi connectivity index (χ4v) is 2.32. The average Bonchev–Trinajstić information content (AvgIpc) is 3.26. The molecule has 0 amide bonds. The summed E-state index contributed by atoms with van der Waals surface area (Å²) in [6.45, 7) is 11.1. The first-order valence-electron chi connectivity index (χ1n) is 6.95. The van der Waals surface area contributed by atoms with Crippen LogP contribution in [-0.4, -0.2) is 78.9 Å². The summed E-state index contributed by atoms with van der Waals surface area (Å²) < 4.78 is 30.8. The molecule has 0 bridgehead atoms. The molecule has 0 saturated carbocycles. The van der Waals surface area contributed by atoms with Gasteiger partial charge in [-0.2, -0.15) is 0 Å². The van der Waals surface area contributed by atoms with Gasteiger partial charge >= 0.3 is 9.53 Å². The topological polar surface area (TPSA) is 62.0 Å². The van der Waals surface area contributed by atoms with Crippen LogP contribution >= 0.6 is 0 Å². The SMILES string of the molecule is C(OCC1CO1)C1CO1.CCO[SiH](OCC)OCC.[SiH4]. The molecule has 6 nitrogen and oxygen atoms in total. The molecule has 2 atom stereocenters. The maximum absolute atomic E-state index is 5.23. The molecule has 0 radical (unpaired) electrons. The van der Waals surface area contributed by atoms with E-state index in [1.165, 1.54) is 0 Å². The third-order valence-corrected chi connectivity index (χ3v) is 4.14. The molecule has 2 rings (SSSR count). The molecule has 0 aliphatic carbocycles. The molecular weight excluding hydrogens is 296 g/mol. The molecule has 0 aromatic carbocycles. The van der Waals surface area contributed by atoms with E-state index in [0.717, 1.165) is 26.4 Å². The monoisotopic (exact) mass is 326 g/mol. The van der Waals surface area contributed by atoms with Crippen LogP contribution in [0.2, 0.25) is 0 Å². The highest BCUT2D eigenvalue weighted by Crippen LogP contribution is 2.12. The van der Waals surface area contributed by atoms with Gasteiger partial charge in [-0.1, -0.05) is 0 Å². The number of ether oxygens (including phenoxy) is 3. The summed E-state index contributed by atoms with van der Waals surface area (Å²) in [6.07, 6.45) is 0.785. The van der Waals surface area contributed by atoms with Gasteiger partial charge in [0.15, 0.2) is 0 Å². The van der Waals surface area contributed by atoms with Crippen molar-refractivity contribution in [1.82, 2.24) is 0 Å². The van der Waals surface area contributed by atoms with Crippen LogP contribution in [0.15, 0.2) is 0 Å². The van der Waals surface area contributed by atoms with E-state index in [1.807, 2.05) is 20.8 Å². The number of hydrogen-bond donors (Lipinski definition) is 0. The van der Waals surface area contributed by atoms with E-state index in [1.54, 1.807) is 0 Å². The highest BCUT2D eigenvalue weighted by molar-refractivity contribution is 6.36. The van der Waals surface area contributed by atoms with Gasteiger partial charge in [0.2, 0.25) is 0 Å². The smallest absolute Gasteiger partial charge is 0.376 e. The van der Waals surface area contributed by atoms with Crippen molar-refractivity contribution in [3.8, 4) is 0 Å². The summed E-state index contributed by atoms with van der Waals surface area (Å²) in [7, 11) is -1.73. The van der Waals surface area contributed by atoms with Crippen molar-refractivity contribution >= 4 is 20.5 Å². The van der Waals surface area contributed by atoms with E-state index >= 15 is 0 Å². The molecule has 2 saturated heterocycles. The van der Waals surface area contributed by atoms with Crippen molar-refractivity contribution in [2.24, 2.45) is 0 Å². The summed E-state index contributed by atoms with van der Waals surface area (Å²) in [6, 6.07) is 0. The minimum Gasteiger partial charge on any atom is -0.376 e. The maximum atomic E-state index is 5.23. The van der Waals surface area contributed by atoms with Gasteiger partial charge in [-0.05, 0) is 31.7 Å². The van der Waals surface area contributed by atoms with Crippen LogP contribution in [-0.2, 0) is 27.5 Å². The average molecular weight is 327 g/mol. The van der Waals surface area contributed by atoms with Crippen LogP contribution in [0.4, 0.5) is 0 Å². The Morgan fingerprint density at radius 1 is 0.850 bits per heavy atom. The molecule has 2 aliphatic rings. The molecule has 0 aromatic rings. The lowest BCUT2D eigenvalue weighted by molar-refractivity contribution is 0.102. The van der Waals surface area contributed by atoms with E-state index in [0.29, 0.717) is 32.0 Å². The lowest BCUT2D eigenvalue weighted by atomic mass is 10.5. The zero-order valence-corrected chi connectivity index (χ0v) is 13.3. The first-order chi connectivity index (χ1) is 9.30. The molecule has 2 fully saturated rings. The van der Waals surface area contributed by atoms with Crippen LogP contribution in [0.5, 0.6) is 0 Å². The van der Waals surface area contributed by atoms with Crippen LogP contribution in [0.3, 0.4) is 0 Å². The first kappa shape index (κ1) is 20.2. The van der Waals surface area contributed by atoms with Crippen LogP contribution in [0, 0.1) is 0 Å². The Morgan fingerprint density at radius 3 is 1.45 bits per heavy atom. The Kier molecular flexibility index (Phi) is 13.0. The largest absolute Gasteiger partial charge is 0.484 e. The van der Waals surface area contributed by atoms with E-state index in [-0.39, 0.29) is 11.0 Å². The highest BCUT2D eigenvalue weighted by Gasteiger charge is 2.26. The first-order valence-corrected chi connectivity index (χ1v) is 8.37. The molecule has 0 aromatic heterocycles. The zero-order chi connectivity index (χ0) is 13.9. The van der Waals surface area contributed by atoms with E-state index in [9.17, 15) is 0 Å². The Balaban J connectivity index is 0.000000344. The van der Waals surface area contributed by atoms with Gasteiger partial charge in [0.05, 0.1) is 26.4 Å². The lowest BCUT2D eigenvalue weighted by Gasteiger charge is -2.12. The van der Waals surface area contributed by atoms with Crippen LogP contribution < -0.4 is 0 Å². The molecule has 8 heteroatoms. The predicted molar refractivity (Wildman–Crippen MR) is 83.7 cm³/mol. The highest BCUT2D eigenvalue weighted by atomic mass is 28.3. The quantitative estimate of drug-likeness (QED) is 0.385.